The molecular formula is C9H15ClN2O2. The molecule has 14 heavy (non-hydrogen) atoms. The molecule has 0 atom stereocenters. The van der Waals surface area contributed by atoms with Gasteiger partial charge in [-0.25, -0.2) is 0 Å². The van der Waals surface area contributed by atoms with Crippen LogP contribution >= 0.6 is 12.4 Å². The topological polar surface area (TPSA) is 47.3 Å². The molecule has 1 N–H and O–H groups in total. The van der Waals surface area contributed by atoms with Crippen LogP contribution in [0.15, 0.2) is 16.9 Å². The van der Waals surface area contributed by atoms with E-state index in [1.54, 1.807) is 6.26 Å². The van der Waals surface area contributed by atoms with Crippen LogP contribution in [0.4, 0.5) is 0 Å². The lowest BCUT2D eigenvalue weighted by atomic mass is 10.1. The van der Waals surface area contributed by atoms with Crippen LogP contribution in [-0.4, -0.2) is 24.4 Å². The van der Waals surface area contributed by atoms with E-state index in [9.17, 15) is 0 Å². The molecule has 4 nitrogen and oxygen atoms in total. The molecule has 0 aliphatic carbocycles. The molecule has 5 heteroatoms. The maximum Gasteiger partial charge on any atom is 0.124 e. The van der Waals surface area contributed by atoms with E-state index in [0.717, 1.165) is 31.6 Å². The van der Waals surface area contributed by atoms with Gasteiger partial charge in [-0.05, 0) is 25.9 Å². The zero-order valence-electron chi connectivity index (χ0n) is 7.94. The first-order valence-electron chi connectivity index (χ1n) is 4.67. The van der Waals surface area contributed by atoms with Gasteiger partial charge in [0.2, 0.25) is 0 Å². The van der Waals surface area contributed by atoms with Crippen LogP contribution in [0.2, 0.25) is 0 Å². The monoisotopic (exact) mass is 218 g/mol. The van der Waals surface area contributed by atoms with Gasteiger partial charge in [0.25, 0.3) is 0 Å². The summed E-state index contributed by atoms with van der Waals surface area (Å²) in [6.07, 6.45) is 4.15. The number of aromatic nitrogens is 1. The third-order valence-electron chi connectivity index (χ3n) is 2.24. The van der Waals surface area contributed by atoms with E-state index in [1.807, 2.05) is 6.07 Å². The number of nitrogens with zero attached hydrogens (tertiary/aromatic N) is 1. The van der Waals surface area contributed by atoms with Crippen molar-refractivity contribution >= 4 is 12.4 Å². The van der Waals surface area contributed by atoms with Crippen molar-refractivity contribution in [3.05, 3.63) is 18.0 Å². The summed E-state index contributed by atoms with van der Waals surface area (Å²) in [6, 6.07) is 1.83. The van der Waals surface area contributed by atoms with Crippen molar-refractivity contribution in [2.24, 2.45) is 0 Å². The average molecular weight is 219 g/mol. The van der Waals surface area contributed by atoms with Gasteiger partial charge in [-0.1, -0.05) is 5.16 Å². The van der Waals surface area contributed by atoms with E-state index >= 15 is 0 Å². The third-order valence-corrected chi connectivity index (χ3v) is 2.24. The number of hydrogen-bond donors (Lipinski definition) is 1. The number of rotatable bonds is 3. The molecule has 0 amide bonds. The number of hydrogen-bond acceptors (Lipinski definition) is 4. The Kier molecular flexibility index (Phi) is 4.93. The normalized spacial score (nSPS) is 17.7. The summed E-state index contributed by atoms with van der Waals surface area (Å²) >= 11 is 0. The lowest BCUT2D eigenvalue weighted by molar-refractivity contribution is 0.0185. The van der Waals surface area contributed by atoms with E-state index in [4.69, 9.17) is 9.26 Å². The van der Waals surface area contributed by atoms with E-state index in [1.165, 1.54) is 0 Å². The summed E-state index contributed by atoms with van der Waals surface area (Å²) in [4.78, 5) is 0. The van der Waals surface area contributed by atoms with Crippen molar-refractivity contribution in [2.45, 2.75) is 25.6 Å². The first-order valence-corrected chi connectivity index (χ1v) is 4.67. The van der Waals surface area contributed by atoms with Crippen LogP contribution in [0, 0.1) is 0 Å². The highest BCUT2D eigenvalue weighted by atomic mass is 35.5. The number of ether oxygens (including phenoxy) is 1. The zero-order valence-corrected chi connectivity index (χ0v) is 8.76. The lowest BCUT2D eigenvalue weighted by Gasteiger charge is -2.22. The molecule has 1 aromatic heterocycles. The summed E-state index contributed by atoms with van der Waals surface area (Å²) in [6.45, 7) is 2.69. The highest BCUT2D eigenvalue weighted by Crippen LogP contribution is 2.09. The van der Waals surface area contributed by atoms with Gasteiger partial charge in [0, 0.05) is 6.07 Å². The average Bonchev–Trinajstić information content (AvgIpc) is 2.69. The minimum Gasteiger partial charge on any atom is -0.372 e. The summed E-state index contributed by atoms with van der Waals surface area (Å²) in [5, 5.41) is 7.08. The molecule has 0 spiro atoms. The molecular weight excluding hydrogens is 204 g/mol. The second-order valence-corrected chi connectivity index (χ2v) is 3.25. The summed E-state index contributed by atoms with van der Waals surface area (Å²) < 4.78 is 10.4. The van der Waals surface area contributed by atoms with Gasteiger partial charge in [-0.3, -0.25) is 0 Å². The van der Waals surface area contributed by atoms with Crippen LogP contribution in [0.1, 0.15) is 18.5 Å². The van der Waals surface area contributed by atoms with Crippen molar-refractivity contribution in [3.8, 4) is 0 Å². The first kappa shape index (κ1) is 11.5. The Balaban J connectivity index is 0.000000980. The van der Waals surface area contributed by atoms with E-state index < -0.39 is 0 Å². The first-order chi connectivity index (χ1) is 6.45. The Hall–Kier alpha value is -0.580. The SMILES string of the molecule is Cl.c1cc(COC2CCNCC2)no1. The summed E-state index contributed by atoms with van der Waals surface area (Å²) in [7, 11) is 0. The van der Waals surface area contributed by atoms with Crippen molar-refractivity contribution in [1.29, 1.82) is 0 Å². The molecule has 0 unspecified atom stereocenters. The van der Waals surface area contributed by atoms with Crippen LogP contribution in [0.3, 0.4) is 0 Å². The van der Waals surface area contributed by atoms with Crippen molar-refractivity contribution in [2.75, 3.05) is 13.1 Å². The van der Waals surface area contributed by atoms with Gasteiger partial charge in [0.1, 0.15) is 12.0 Å². The fourth-order valence-electron chi connectivity index (χ4n) is 1.48. The number of nitrogens with one attached hydrogen (secondary N) is 1. The fourth-order valence-corrected chi connectivity index (χ4v) is 1.48. The molecule has 1 aliphatic rings. The van der Waals surface area contributed by atoms with Gasteiger partial charge in [0.15, 0.2) is 0 Å². The Labute approximate surface area is 89.4 Å². The van der Waals surface area contributed by atoms with Gasteiger partial charge in [0.05, 0.1) is 12.7 Å². The van der Waals surface area contributed by atoms with Crippen molar-refractivity contribution < 1.29 is 9.26 Å². The molecule has 1 saturated heterocycles. The molecule has 1 aromatic rings. The maximum atomic E-state index is 5.66. The Bertz CT molecular complexity index is 235. The van der Waals surface area contributed by atoms with E-state index in [2.05, 4.69) is 10.5 Å². The second kappa shape index (κ2) is 6.01. The van der Waals surface area contributed by atoms with Crippen LogP contribution in [0.5, 0.6) is 0 Å². The number of halogens is 1. The predicted octanol–water partition coefficient (Wildman–Crippen LogP) is 1.36. The lowest BCUT2D eigenvalue weighted by Crippen LogP contribution is -2.32. The van der Waals surface area contributed by atoms with Gasteiger partial charge < -0.3 is 14.6 Å². The maximum absolute atomic E-state index is 5.66. The van der Waals surface area contributed by atoms with Crippen molar-refractivity contribution in [1.82, 2.24) is 10.5 Å². The quantitative estimate of drug-likeness (QED) is 0.833. The molecule has 0 saturated carbocycles. The smallest absolute Gasteiger partial charge is 0.124 e. The molecule has 2 heterocycles. The van der Waals surface area contributed by atoms with Gasteiger partial charge in [-0.15, -0.1) is 12.4 Å². The highest BCUT2D eigenvalue weighted by Gasteiger charge is 2.13. The predicted molar refractivity (Wildman–Crippen MR) is 54.4 cm³/mol. The summed E-state index contributed by atoms with van der Waals surface area (Å²) in [5.74, 6) is 0. The largest absolute Gasteiger partial charge is 0.372 e. The third kappa shape index (κ3) is 3.29. The molecule has 0 aromatic carbocycles. The fraction of sp³-hybridized carbons (Fsp3) is 0.667. The highest BCUT2D eigenvalue weighted by molar-refractivity contribution is 5.85. The van der Waals surface area contributed by atoms with Crippen LogP contribution < -0.4 is 5.32 Å². The molecule has 80 valence electrons. The molecule has 0 bridgehead atoms. The second-order valence-electron chi connectivity index (χ2n) is 3.25. The standard InChI is InChI=1S/C9H14N2O2.ClH/c1-4-10-5-2-9(1)12-7-8-3-6-13-11-8;/h3,6,9-10H,1-2,4-5,7H2;1H. The van der Waals surface area contributed by atoms with E-state index in [-0.39, 0.29) is 12.4 Å². The number of piperidine rings is 1. The van der Waals surface area contributed by atoms with Gasteiger partial charge >= 0.3 is 0 Å². The molecule has 2 rings (SSSR count). The van der Waals surface area contributed by atoms with Crippen LogP contribution in [-0.2, 0) is 11.3 Å². The molecule has 1 fully saturated rings. The Morgan fingerprint density at radius 1 is 1.50 bits per heavy atom. The Morgan fingerprint density at radius 3 is 2.93 bits per heavy atom. The molecule has 0 radical (unpaired) electrons. The zero-order chi connectivity index (χ0) is 8.93. The molecule has 1 aliphatic heterocycles. The Morgan fingerprint density at radius 2 is 2.29 bits per heavy atom. The van der Waals surface area contributed by atoms with Crippen LogP contribution in [0.25, 0.3) is 0 Å². The van der Waals surface area contributed by atoms with Crippen molar-refractivity contribution in [3.63, 3.8) is 0 Å². The van der Waals surface area contributed by atoms with Gasteiger partial charge in [-0.2, -0.15) is 0 Å². The van der Waals surface area contributed by atoms with E-state index in [0.29, 0.717) is 12.7 Å². The summed E-state index contributed by atoms with van der Waals surface area (Å²) in [5.41, 5.74) is 0.874. The minimum atomic E-state index is 0. The minimum absolute atomic E-state index is 0.